The fourth-order valence-electron chi connectivity index (χ4n) is 1.67. The molecule has 0 aliphatic heterocycles. The molecule has 0 aromatic heterocycles. The van der Waals surface area contributed by atoms with Gasteiger partial charge >= 0.3 is 0 Å². The van der Waals surface area contributed by atoms with E-state index in [4.69, 9.17) is 4.74 Å². The number of hydrogen-bond acceptors (Lipinski definition) is 1. The average molecular weight is 198 g/mol. The molecule has 14 heavy (non-hydrogen) atoms. The van der Waals surface area contributed by atoms with Crippen molar-refractivity contribution in [3.63, 3.8) is 0 Å². The predicted molar refractivity (Wildman–Crippen MR) is 49.9 cm³/mol. The average Bonchev–Trinajstić information content (AvgIpc) is 2.68. The smallest absolute Gasteiger partial charge is 0.258 e. The number of halogens is 2. The van der Waals surface area contributed by atoms with E-state index in [-0.39, 0.29) is 6.42 Å². The molecular weight excluding hydrogens is 186 g/mol. The van der Waals surface area contributed by atoms with Crippen molar-refractivity contribution >= 4 is 0 Å². The second-order valence-electron chi connectivity index (χ2n) is 3.94. The van der Waals surface area contributed by atoms with Crippen molar-refractivity contribution in [2.24, 2.45) is 0 Å². The van der Waals surface area contributed by atoms with E-state index in [0.29, 0.717) is 11.3 Å². The maximum absolute atomic E-state index is 13.0. The van der Waals surface area contributed by atoms with Gasteiger partial charge in [-0.1, -0.05) is 12.1 Å². The number of ether oxygens (including phenoxy) is 1. The summed E-state index contributed by atoms with van der Waals surface area (Å²) in [5.74, 6) is -1.84. The van der Waals surface area contributed by atoms with Gasteiger partial charge in [-0.05, 0) is 24.6 Å². The van der Waals surface area contributed by atoms with Crippen LogP contribution >= 0.6 is 0 Å². The van der Waals surface area contributed by atoms with Crippen LogP contribution < -0.4 is 4.74 Å². The largest absolute Gasteiger partial charge is 0.497 e. The molecule has 1 unspecified atom stereocenters. The van der Waals surface area contributed by atoms with Crippen molar-refractivity contribution in [3.8, 4) is 5.75 Å². The normalized spacial score (nSPS) is 28.6. The summed E-state index contributed by atoms with van der Waals surface area (Å²) in [6.07, 6.45) is -0.0493. The lowest BCUT2D eigenvalue weighted by Gasteiger charge is -2.10. The van der Waals surface area contributed by atoms with Gasteiger partial charge in [0.05, 0.1) is 12.5 Å². The minimum absolute atomic E-state index is 0.0493. The molecule has 0 bridgehead atoms. The van der Waals surface area contributed by atoms with Crippen LogP contribution in [0.4, 0.5) is 8.78 Å². The zero-order valence-corrected chi connectivity index (χ0v) is 8.18. The number of alkyl halides is 2. The molecule has 1 aromatic carbocycles. The Bertz CT molecular complexity index is 345. The number of hydrogen-bond donors (Lipinski definition) is 0. The first kappa shape index (κ1) is 9.44. The van der Waals surface area contributed by atoms with Crippen LogP contribution in [-0.2, 0) is 5.41 Å². The Kier molecular flexibility index (Phi) is 1.81. The van der Waals surface area contributed by atoms with Gasteiger partial charge in [-0.15, -0.1) is 0 Å². The van der Waals surface area contributed by atoms with Crippen LogP contribution in [-0.4, -0.2) is 13.0 Å². The Labute approximate surface area is 81.7 Å². The van der Waals surface area contributed by atoms with E-state index in [0.717, 1.165) is 0 Å². The molecule has 1 nitrogen and oxygen atoms in total. The third kappa shape index (κ3) is 1.19. The van der Waals surface area contributed by atoms with Crippen molar-refractivity contribution in [1.82, 2.24) is 0 Å². The van der Waals surface area contributed by atoms with Gasteiger partial charge in [-0.3, -0.25) is 0 Å². The second kappa shape index (κ2) is 2.69. The molecule has 2 rings (SSSR count). The molecule has 0 spiro atoms. The fraction of sp³-hybridized carbons (Fsp3) is 0.455. The van der Waals surface area contributed by atoms with Gasteiger partial charge < -0.3 is 4.74 Å². The maximum atomic E-state index is 13.0. The van der Waals surface area contributed by atoms with Gasteiger partial charge in [-0.25, -0.2) is 8.78 Å². The summed E-state index contributed by atoms with van der Waals surface area (Å²) < 4.78 is 31.0. The summed E-state index contributed by atoms with van der Waals surface area (Å²) in [5.41, 5.74) is -0.275. The van der Waals surface area contributed by atoms with Gasteiger partial charge in [-0.2, -0.15) is 0 Å². The number of benzene rings is 1. The third-order valence-electron chi connectivity index (χ3n) is 2.98. The van der Waals surface area contributed by atoms with E-state index in [1.165, 1.54) is 0 Å². The molecule has 76 valence electrons. The first-order valence-corrected chi connectivity index (χ1v) is 4.52. The molecule has 1 aliphatic rings. The molecular formula is C11H12F2O. The van der Waals surface area contributed by atoms with Gasteiger partial charge in [0, 0.05) is 6.42 Å². The van der Waals surface area contributed by atoms with Crippen molar-refractivity contribution < 1.29 is 13.5 Å². The molecule has 1 saturated carbocycles. The van der Waals surface area contributed by atoms with E-state index in [9.17, 15) is 8.78 Å². The lowest BCUT2D eigenvalue weighted by molar-refractivity contribution is 0.0920. The van der Waals surface area contributed by atoms with Gasteiger partial charge in [0.25, 0.3) is 5.92 Å². The Hall–Kier alpha value is -1.12. The highest BCUT2D eigenvalue weighted by atomic mass is 19.3. The van der Waals surface area contributed by atoms with E-state index in [1.54, 1.807) is 38.3 Å². The van der Waals surface area contributed by atoms with Gasteiger partial charge in [0.2, 0.25) is 0 Å². The molecule has 0 saturated heterocycles. The summed E-state index contributed by atoms with van der Waals surface area (Å²) in [6, 6.07) is 6.85. The molecule has 0 amide bonds. The molecule has 1 atom stereocenters. The van der Waals surface area contributed by atoms with E-state index < -0.39 is 11.3 Å². The number of methoxy groups -OCH3 is 1. The number of rotatable bonds is 2. The molecule has 1 aromatic rings. The van der Waals surface area contributed by atoms with Crippen LogP contribution in [0.1, 0.15) is 18.9 Å². The lowest BCUT2D eigenvalue weighted by Crippen LogP contribution is -2.11. The Morgan fingerprint density at radius 2 is 1.71 bits per heavy atom. The molecule has 0 radical (unpaired) electrons. The molecule has 3 heteroatoms. The highest BCUT2D eigenvalue weighted by Crippen LogP contribution is 2.61. The van der Waals surface area contributed by atoms with Crippen molar-refractivity contribution in [2.45, 2.75) is 24.7 Å². The Balaban J connectivity index is 2.27. The van der Waals surface area contributed by atoms with E-state index >= 15 is 0 Å². The van der Waals surface area contributed by atoms with Crippen LogP contribution in [0.2, 0.25) is 0 Å². The summed E-state index contributed by atoms with van der Waals surface area (Å²) >= 11 is 0. The third-order valence-corrected chi connectivity index (χ3v) is 2.98. The summed E-state index contributed by atoms with van der Waals surface area (Å²) in [6.45, 7) is 1.59. The van der Waals surface area contributed by atoms with Crippen LogP contribution in [0.25, 0.3) is 0 Å². The van der Waals surface area contributed by atoms with Gasteiger partial charge in [0.15, 0.2) is 0 Å². The van der Waals surface area contributed by atoms with Crippen LogP contribution in [0.15, 0.2) is 24.3 Å². The second-order valence-corrected chi connectivity index (χ2v) is 3.94. The van der Waals surface area contributed by atoms with Crippen LogP contribution in [0, 0.1) is 0 Å². The minimum atomic E-state index is -2.54. The first-order valence-electron chi connectivity index (χ1n) is 4.52. The Morgan fingerprint density at radius 3 is 2.07 bits per heavy atom. The zero-order chi connectivity index (χ0) is 10.4. The quantitative estimate of drug-likeness (QED) is 0.709. The first-order chi connectivity index (χ1) is 6.49. The maximum Gasteiger partial charge on any atom is 0.258 e. The molecule has 1 fully saturated rings. The summed E-state index contributed by atoms with van der Waals surface area (Å²) in [7, 11) is 1.56. The van der Waals surface area contributed by atoms with Crippen molar-refractivity contribution in [3.05, 3.63) is 29.8 Å². The molecule has 1 aliphatic carbocycles. The minimum Gasteiger partial charge on any atom is -0.497 e. The Morgan fingerprint density at radius 1 is 1.21 bits per heavy atom. The van der Waals surface area contributed by atoms with E-state index in [2.05, 4.69) is 0 Å². The predicted octanol–water partition coefficient (Wildman–Crippen LogP) is 2.99. The highest BCUT2D eigenvalue weighted by molar-refractivity contribution is 5.39. The molecule has 0 N–H and O–H groups in total. The standard InChI is InChI=1S/C11H12F2O/c1-10(7-11(10,12)13)8-3-5-9(14-2)6-4-8/h3-6H,7H2,1-2H3. The van der Waals surface area contributed by atoms with Crippen LogP contribution in [0.5, 0.6) is 5.75 Å². The van der Waals surface area contributed by atoms with Gasteiger partial charge in [0.1, 0.15) is 5.75 Å². The summed E-state index contributed by atoms with van der Waals surface area (Å²) in [5, 5.41) is 0. The summed E-state index contributed by atoms with van der Waals surface area (Å²) in [4.78, 5) is 0. The zero-order valence-electron chi connectivity index (χ0n) is 8.18. The topological polar surface area (TPSA) is 9.23 Å². The van der Waals surface area contributed by atoms with E-state index in [1.807, 2.05) is 0 Å². The van der Waals surface area contributed by atoms with Crippen molar-refractivity contribution in [2.75, 3.05) is 7.11 Å². The highest BCUT2D eigenvalue weighted by Gasteiger charge is 2.68. The monoisotopic (exact) mass is 198 g/mol. The van der Waals surface area contributed by atoms with Crippen molar-refractivity contribution in [1.29, 1.82) is 0 Å². The van der Waals surface area contributed by atoms with Crippen LogP contribution in [0.3, 0.4) is 0 Å². The fourth-order valence-corrected chi connectivity index (χ4v) is 1.67. The SMILES string of the molecule is COc1ccc(C2(C)CC2(F)F)cc1. The lowest BCUT2D eigenvalue weighted by atomic mass is 9.98. The molecule has 0 heterocycles.